The zero-order valence-electron chi connectivity index (χ0n) is 12.4. The summed E-state index contributed by atoms with van der Waals surface area (Å²) in [6.07, 6.45) is -2.85. The van der Waals surface area contributed by atoms with Gasteiger partial charge in [0.1, 0.15) is 18.3 Å². The second-order valence-electron chi connectivity index (χ2n) is 5.17. The number of aliphatic hydroxyl groups is 1. The smallest absolute Gasteiger partial charge is 0.386 e. The summed E-state index contributed by atoms with van der Waals surface area (Å²) in [5, 5.41) is 10.4. The largest absolute Gasteiger partial charge is 1.00 e. The Bertz CT molecular complexity index is 886. The van der Waals surface area contributed by atoms with Crippen LogP contribution < -0.4 is 40.9 Å². The van der Waals surface area contributed by atoms with E-state index >= 15 is 0 Å². The van der Waals surface area contributed by atoms with E-state index in [1.54, 1.807) is 0 Å². The van der Waals surface area contributed by atoms with Crippen LogP contribution >= 0.6 is 7.82 Å². The van der Waals surface area contributed by atoms with Crippen molar-refractivity contribution in [2.24, 2.45) is 0 Å². The number of fused-ring (bicyclic) bond motifs is 2. The molecule has 12 nitrogen and oxygen atoms in total. The summed E-state index contributed by atoms with van der Waals surface area (Å²) in [5.74, 6) is -0.117. The maximum atomic E-state index is 11.8. The number of rotatable bonds is 1. The molecule has 5 N–H and O–H groups in total. The Hall–Kier alpha value is -0.820. The van der Waals surface area contributed by atoms with Crippen LogP contribution in [-0.4, -0.2) is 54.4 Å². The summed E-state index contributed by atoms with van der Waals surface area (Å²) in [4.78, 5) is 31.3. The summed E-state index contributed by atoms with van der Waals surface area (Å²) in [5.41, 5.74) is 5.12. The number of anilines is 1. The Morgan fingerprint density at radius 3 is 3.00 bits per heavy atom. The van der Waals surface area contributed by atoms with Gasteiger partial charge >= 0.3 is 37.4 Å². The minimum atomic E-state index is -4.22. The first-order valence-electron chi connectivity index (χ1n) is 6.57. The number of aromatic amines is 1. The third-order valence-corrected chi connectivity index (χ3v) is 4.68. The zero-order valence-corrected chi connectivity index (χ0v) is 15.3. The van der Waals surface area contributed by atoms with Gasteiger partial charge in [-0.25, -0.2) is 9.55 Å². The van der Waals surface area contributed by atoms with Crippen LogP contribution in [0.25, 0.3) is 11.2 Å². The van der Waals surface area contributed by atoms with E-state index in [0.717, 1.165) is 0 Å². The summed E-state index contributed by atoms with van der Waals surface area (Å²) < 4.78 is 27.9. The van der Waals surface area contributed by atoms with E-state index in [-0.39, 0.29) is 53.3 Å². The molecule has 0 amide bonds. The molecule has 0 bridgehead atoms. The topological polar surface area (TPSA) is 175 Å². The van der Waals surface area contributed by atoms with Crippen LogP contribution in [0.15, 0.2) is 11.1 Å². The molecule has 2 aliphatic heterocycles. The maximum absolute atomic E-state index is 11.8. The van der Waals surface area contributed by atoms with Gasteiger partial charge in [0.15, 0.2) is 17.4 Å². The minimum absolute atomic E-state index is 0. The summed E-state index contributed by atoms with van der Waals surface area (Å²) in [7, 11) is -4.22. The van der Waals surface area contributed by atoms with Crippen molar-refractivity contribution in [3.05, 3.63) is 16.7 Å². The molecule has 14 heteroatoms. The third-order valence-electron chi connectivity index (χ3n) is 3.69. The molecule has 0 aliphatic carbocycles. The number of nitrogens with two attached hydrogens (primary N) is 1. The number of ether oxygens (including phenoxy) is 1. The first-order chi connectivity index (χ1) is 10.9. The molecule has 2 aromatic heterocycles. The Kier molecular flexibility index (Phi) is 4.62. The number of phosphoric ester groups is 1. The number of nitrogens with zero attached hydrogens (tertiary/aromatic N) is 3. The zero-order chi connectivity index (χ0) is 16.4. The Balaban J connectivity index is 0.00000169. The molecule has 5 atom stereocenters. The minimum Gasteiger partial charge on any atom is -0.386 e. The molecule has 2 aliphatic rings. The number of imidazole rings is 1. The third kappa shape index (κ3) is 2.83. The maximum Gasteiger partial charge on any atom is 1.00 e. The van der Waals surface area contributed by atoms with Crippen LogP contribution in [0.5, 0.6) is 0 Å². The van der Waals surface area contributed by atoms with Crippen LogP contribution in [0.1, 0.15) is 6.23 Å². The van der Waals surface area contributed by atoms with Gasteiger partial charge in [-0.05, 0) is 0 Å². The van der Waals surface area contributed by atoms with Gasteiger partial charge in [0.25, 0.3) is 5.56 Å². The Labute approximate surface area is 155 Å². The van der Waals surface area contributed by atoms with Crippen molar-refractivity contribution in [2.75, 3.05) is 12.3 Å². The van der Waals surface area contributed by atoms with Crippen LogP contribution in [0.3, 0.4) is 0 Å². The van der Waals surface area contributed by atoms with Crippen molar-refractivity contribution in [1.82, 2.24) is 19.5 Å². The van der Waals surface area contributed by atoms with Crippen molar-refractivity contribution in [3.8, 4) is 0 Å². The number of hydrogen-bond donors (Lipinski definition) is 4. The summed E-state index contributed by atoms with van der Waals surface area (Å²) >= 11 is 0. The number of phosphoric acid groups is 1. The molecule has 2 fully saturated rings. The monoisotopic (exact) mass is 368 g/mol. The Morgan fingerprint density at radius 1 is 1.50 bits per heavy atom. The summed E-state index contributed by atoms with van der Waals surface area (Å²) in [6, 6.07) is 0. The van der Waals surface area contributed by atoms with Gasteiger partial charge in [-0.1, -0.05) is 0 Å². The first kappa shape index (κ1) is 18.0. The van der Waals surface area contributed by atoms with Crippen LogP contribution in [-0.2, 0) is 18.3 Å². The SMILES string of the molecule is Nc1nc2c(ncn2[C@@H]2O[C@@H]3COP(=O)(O)O[C@H]3[C@H]2O)c(=O)[nH]1.[Na+]. The molecule has 2 aromatic rings. The van der Waals surface area contributed by atoms with E-state index in [1.165, 1.54) is 10.9 Å². The van der Waals surface area contributed by atoms with E-state index in [1.807, 2.05) is 0 Å². The van der Waals surface area contributed by atoms with Gasteiger partial charge in [-0.3, -0.25) is 23.4 Å². The first-order valence-corrected chi connectivity index (χ1v) is 8.07. The van der Waals surface area contributed by atoms with Gasteiger partial charge in [-0.2, -0.15) is 4.98 Å². The quantitative estimate of drug-likeness (QED) is 0.283. The van der Waals surface area contributed by atoms with E-state index in [2.05, 4.69) is 19.5 Å². The van der Waals surface area contributed by atoms with Gasteiger partial charge in [0.05, 0.1) is 12.9 Å². The molecule has 2 saturated heterocycles. The van der Waals surface area contributed by atoms with Crippen molar-refractivity contribution in [1.29, 1.82) is 0 Å². The molecule has 4 heterocycles. The predicted octanol–water partition coefficient (Wildman–Crippen LogP) is -4.52. The van der Waals surface area contributed by atoms with Crippen LogP contribution in [0.2, 0.25) is 0 Å². The van der Waals surface area contributed by atoms with Gasteiger partial charge < -0.3 is 20.5 Å². The molecule has 1 unspecified atom stereocenters. The Morgan fingerprint density at radius 2 is 2.25 bits per heavy atom. The molecule has 0 aromatic carbocycles. The number of nitrogen functional groups attached to an aromatic ring is 1. The van der Waals surface area contributed by atoms with Gasteiger partial charge in [0.2, 0.25) is 5.95 Å². The fourth-order valence-corrected chi connectivity index (χ4v) is 3.66. The van der Waals surface area contributed by atoms with Crippen LogP contribution in [0.4, 0.5) is 5.95 Å². The van der Waals surface area contributed by atoms with E-state index < -0.39 is 37.9 Å². The fourth-order valence-electron chi connectivity index (χ4n) is 2.69. The van der Waals surface area contributed by atoms with E-state index in [9.17, 15) is 19.4 Å². The second kappa shape index (κ2) is 6.16. The molecular weight excluding hydrogens is 356 g/mol. The molecule has 0 saturated carbocycles. The fraction of sp³-hybridized carbons (Fsp3) is 0.500. The van der Waals surface area contributed by atoms with Crippen LogP contribution in [0, 0.1) is 0 Å². The number of aliphatic hydroxyl groups excluding tert-OH is 1. The number of nitrogens with one attached hydrogen (secondary N) is 1. The summed E-state index contributed by atoms with van der Waals surface area (Å²) in [6.45, 7) is -0.214. The normalized spacial score (nSPS) is 35.6. The number of H-pyrrole nitrogens is 1. The average Bonchev–Trinajstić information content (AvgIpc) is 3.00. The standard InChI is InChI=1S/C10H12N5O7P.Na/c11-10-13-7-4(8(17)14-10)12-2-15(7)9-5(16)6-3(21-9)1-20-23(18,19)22-6;/h2-3,5-6,9,16H,1H2,(H,18,19)(H3,11,13,14,17);/q;+1/t3-,5-,6-,9-;/m1./s1. The molecule has 0 radical (unpaired) electrons. The van der Waals surface area contributed by atoms with Crippen molar-refractivity contribution >= 4 is 24.9 Å². The molecule has 4 rings (SSSR count). The molecule has 0 spiro atoms. The van der Waals surface area contributed by atoms with Crippen molar-refractivity contribution in [2.45, 2.75) is 24.5 Å². The molecule has 124 valence electrons. The average molecular weight is 368 g/mol. The van der Waals surface area contributed by atoms with Crippen molar-refractivity contribution < 1.29 is 57.9 Å². The predicted molar refractivity (Wildman–Crippen MR) is 73.1 cm³/mol. The number of hydrogen-bond acceptors (Lipinski definition) is 9. The van der Waals surface area contributed by atoms with E-state index in [4.69, 9.17) is 15.0 Å². The van der Waals surface area contributed by atoms with Gasteiger partial charge in [0, 0.05) is 0 Å². The van der Waals surface area contributed by atoms with Gasteiger partial charge in [-0.15, -0.1) is 0 Å². The molecule has 24 heavy (non-hydrogen) atoms. The number of aromatic nitrogens is 4. The second-order valence-corrected chi connectivity index (χ2v) is 6.57. The molecular formula is C10H12N5NaO7P+. The van der Waals surface area contributed by atoms with Crippen molar-refractivity contribution in [3.63, 3.8) is 0 Å². The van der Waals surface area contributed by atoms with E-state index in [0.29, 0.717) is 0 Å².